The molecule has 1 aromatic carbocycles. The molecule has 0 spiro atoms. The van der Waals surface area contributed by atoms with Crippen molar-refractivity contribution in [3.8, 4) is 11.5 Å². The lowest BCUT2D eigenvalue weighted by Gasteiger charge is -2.10. The summed E-state index contributed by atoms with van der Waals surface area (Å²) in [7, 11) is 3.12. The van der Waals surface area contributed by atoms with Gasteiger partial charge in [-0.15, -0.1) is 0 Å². The number of unbranched alkanes of at least 4 members (excludes halogenated alkanes) is 1. The van der Waals surface area contributed by atoms with Gasteiger partial charge in [-0.3, -0.25) is 0 Å². The molecule has 0 saturated carbocycles. The molecular weight excluding hydrogens is 232 g/mol. The lowest BCUT2D eigenvalue weighted by atomic mass is 10.1. The van der Waals surface area contributed by atoms with Gasteiger partial charge in [0.1, 0.15) is 5.76 Å². The molecule has 0 aromatic heterocycles. The van der Waals surface area contributed by atoms with Crippen molar-refractivity contribution < 1.29 is 19.0 Å². The second-order valence-corrected chi connectivity index (χ2v) is 3.97. The van der Waals surface area contributed by atoms with Crippen LogP contribution in [0.25, 0.3) is 5.76 Å². The molecule has 0 bridgehead atoms. The van der Waals surface area contributed by atoms with Gasteiger partial charge in [-0.2, -0.15) is 0 Å². The van der Waals surface area contributed by atoms with Gasteiger partial charge in [0.25, 0.3) is 0 Å². The Balaban J connectivity index is 2.58. The number of methoxy groups -OCH3 is 2. The van der Waals surface area contributed by atoms with Crippen molar-refractivity contribution in [2.45, 2.75) is 19.8 Å². The molecule has 0 radical (unpaired) electrons. The van der Waals surface area contributed by atoms with Crippen molar-refractivity contribution in [1.82, 2.24) is 0 Å². The van der Waals surface area contributed by atoms with E-state index in [-0.39, 0.29) is 5.97 Å². The van der Waals surface area contributed by atoms with Gasteiger partial charge in [0.2, 0.25) is 0 Å². The summed E-state index contributed by atoms with van der Waals surface area (Å²) in [4.78, 5) is 11.7. The highest BCUT2D eigenvalue weighted by Crippen LogP contribution is 2.42. The molecular formula is C14H16O4. The Morgan fingerprint density at radius 1 is 1.28 bits per heavy atom. The number of carbonyl (C=O) groups excluding carboxylic acids is 1. The molecule has 0 fully saturated rings. The number of allylic oxidation sites excluding steroid dienone is 1. The maximum absolute atomic E-state index is 11.7. The number of benzene rings is 1. The fourth-order valence-electron chi connectivity index (χ4n) is 1.97. The fourth-order valence-corrected chi connectivity index (χ4v) is 1.97. The number of esters is 1. The third-order valence-electron chi connectivity index (χ3n) is 2.83. The quantitative estimate of drug-likeness (QED) is 0.768. The summed E-state index contributed by atoms with van der Waals surface area (Å²) >= 11 is 0. The predicted octanol–water partition coefficient (Wildman–Crippen LogP) is 3.02. The molecule has 96 valence electrons. The Morgan fingerprint density at radius 3 is 2.67 bits per heavy atom. The molecule has 0 atom stereocenters. The van der Waals surface area contributed by atoms with Gasteiger partial charge in [0.15, 0.2) is 11.5 Å². The monoisotopic (exact) mass is 248 g/mol. The lowest BCUT2D eigenvalue weighted by molar-refractivity contribution is 0.0715. The summed E-state index contributed by atoms with van der Waals surface area (Å²) in [6.07, 6.45) is 3.75. The van der Waals surface area contributed by atoms with E-state index < -0.39 is 0 Å². The number of ether oxygens (including phenoxy) is 3. The van der Waals surface area contributed by atoms with E-state index in [2.05, 4.69) is 6.92 Å². The Bertz CT molecular complexity index is 503. The summed E-state index contributed by atoms with van der Waals surface area (Å²) in [5.41, 5.74) is 1.21. The first-order chi connectivity index (χ1) is 8.72. The molecule has 0 aliphatic carbocycles. The third kappa shape index (κ3) is 1.94. The van der Waals surface area contributed by atoms with Crippen LogP contribution in [-0.4, -0.2) is 20.2 Å². The van der Waals surface area contributed by atoms with Crippen LogP contribution in [0.1, 0.15) is 35.7 Å². The van der Waals surface area contributed by atoms with E-state index in [1.165, 1.54) is 0 Å². The first kappa shape index (κ1) is 12.5. The number of cyclic esters (lactones) is 1. The normalized spacial score (nSPS) is 15.5. The van der Waals surface area contributed by atoms with Crippen LogP contribution in [0.2, 0.25) is 0 Å². The predicted molar refractivity (Wildman–Crippen MR) is 67.8 cm³/mol. The summed E-state index contributed by atoms with van der Waals surface area (Å²) in [6.45, 7) is 2.07. The van der Waals surface area contributed by atoms with Crippen LogP contribution in [-0.2, 0) is 4.74 Å². The zero-order chi connectivity index (χ0) is 13.1. The molecule has 18 heavy (non-hydrogen) atoms. The summed E-state index contributed by atoms with van der Waals surface area (Å²) < 4.78 is 15.8. The maximum Gasteiger partial charge on any atom is 0.344 e. The van der Waals surface area contributed by atoms with Crippen LogP contribution in [0, 0.1) is 0 Å². The van der Waals surface area contributed by atoms with Crippen molar-refractivity contribution >= 4 is 11.7 Å². The first-order valence-corrected chi connectivity index (χ1v) is 5.90. The molecule has 4 heteroatoms. The van der Waals surface area contributed by atoms with E-state index in [1.807, 2.05) is 6.08 Å². The zero-order valence-corrected chi connectivity index (χ0v) is 10.8. The summed E-state index contributed by atoms with van der Waals surface area (Å²) in [5, 5.41) is 0. The highest BCUT2D eigenvalue weighted by atomic mass is 16.5. The molecule has 1 heterocycles. The van der Waals surface area contributed by atoms with Crippen molar-refractivity contribution in [1.29, 1.82) is 0 Å². The SMILES string of the molecule is CCC/C=C1/OC(=O)c2ccc(OC)c(OC)c21. The van der Waals surface area contributed by atoms with Crippen molar-refractivity contribution in [2.75, 3.05) is 14.2 Å². The average molecular weight is 248 g/mol. The van der Waals surface area contributed by atoms with E-state index >= 15 is 0 Å². The van der Waals surface area contributed by atoms with Crippen LogP contribution >= 0.6 is 0 Å². The van der Waals surface area contributed by atoms with Gasteiger partial charge in [0, 0.05) is 0 Å². The Morgan fingerprint density at radius 2 is 2.06 bits per heavy atom. The second kappa shape index (κ2) is 5.12. The van der Waals surface area contributed by atoms with E-state index in [0.29, 0.717) is 28.4 Å². The Kier molecular flexibility index (Phi) is 3.55. The Hall–Kier alpha value is -1.97. The standard InChI is InChI=1S/C14H16O4/c1-4-5-6-10-12-9(14(15)18-10)7-8-11(16-2)13(12)17-3/h6-8H,4-5H2,1-3H3/b10-6+. The molecule has 0 N–H and O–H groups in total. The molecule has 1 aliphatic heterocycles. The van der Waals surface area contributed by atoms with Gasteiger partial charge >= 0.3 is 5.97 Å². The number of rotatable bonds is 4. The maximum atomic E-state index is 11.7. The fraction of sp³-hybridized carbons (Fsp3) is 0.357. The van der Waals surface area contributed by atoms with Crippen molar-refractivity contribution in [2.24, 2.45) is 0 Å². The van der Waals surface area contributed by atoms with Crippen molar-refractivity contribution in [3.63, 3.8) is 0 Å². The molecule has 1 aliphatic rings. The highest BCUT2D eigenvalue weighted by Gasteiger charge is 2.31. The molecule has 4 nitrogen and oxygen atoms in total. The van der Waals surface area contributed by atoms with E-state index in [9.17, 15) is 4.79 Å². The number of hydrogen-bond acceptors (Lipinski definition) is 4. The van der Waals surface area contributed by atoms with Crippen LogP contribution in [0.3, 0.4) is 0 Å². The molecule has 0 amide bonds. The average Bonchev–Trinajstić information content (AvgIpc) is 2.72. The van der Waals surface area contributed by atoms with Gasteiger partial charge < -0.3 is 14.2 Å². The topological polar surface area (TPSA) is 44.8 Å². The first-order valence-electron chi connectivity index (χ1n) is 5.90. The van der Waals surface area contributed by atoms with Gasteiger partial charge in [0.05, 0.1) is 25.3 Å². The van der Waals surface area contributed by atoms with Crippen LogP contribution in [0.4, 0.5) is 0 Å². The third-order valence-corrected chi connectivity index (χ3v) is 2.83. The molecule has 0 unspecified atom stereocenters. The smallest absolute Gasteiger partial charge is 0.344 e. The molecule has 0 saturated heterocycles. The van der Waals surface area contributed by atoms with Crippen LogP contribution in [0.15, 0.2) is 18.2 Å². The zero-order valence-electron chi connectivity index (χ0n) is 10.8. The number of fused-ring (bicyclic) bond motifs is 1. The van der Waals surface area contributed by atoms with E-state index in [4.69, 9.17) is 14.2 Å². The molecule has 2 rings (SSSR count). The second-order valence-electron chi connectivity index (χ2n) is 3.97. The van der Waals surface area contributed by atoms with Gasteiger partial charge in [-0.1, -0.05) is 13.3 Å². The Labute approximate surface area is 106 Å². The number of carbonyl (C=O) groups is 1. The van der Waals surface area contributed by atoms with Crippen molar-refractivity contribution in [3.05, 3.63) is 29.3 Å². The summed E-state index contributed by atoms with van der Waals surface area (Å²) in [6, 6.07) is 3.41. The van der Waals surface area contributed by atoms with Crippen LogP contribution < -0.4 is 9.47 Å². The van der Waals surface area contributed by atoms with E-state index in [1.54, 1.807) is 26.4 Å². The lowest BCUT2D eigenvalue weighted by Crippen LogP contribution is -1.97. The van der Waals surface area contributed by atoms with E-state index in [0.717, 1.165) is 12.8 Å². The minimum Gasteiger partial charge on any atom is -0.493 e. The minimum atomic E-state index is -0.340. The van der Waals surface area contributed by atoms with Gasteiger partial charge in [-0.05, 0) is 24.6 Å². The van der Waals surface area contributed by atoms with Gasteiger partial charge in [-0.25, -0.2) is 4.79 Å². The number of hydrogen-bond donors (Lipinski definition) is 0. The summed E-state index contributed by atoms with van der Waals surface area (Å²) in [5.74, 6) is 1.36. The van der Waals surface area contributed by atoms with Crippen LogP contribution in [0.5, 0.6) is 11.5 Å². The minimum absolute atomic E-state index is 0.340. The highest BCUT2D eigenvalue weighted by molar-refractivity contribution is 6.04. The molecule has 1 aromatic rings. The largest absolute Gasteiger partial charge is 0.493 e.